The number of hydrogen-bond acceptors (Lipinski definition) is 11. The van der Waals surface area contributed by atoms with Gasteiger partial charge in [0.15, 0.2) is 0 Å². The van der Waals surface area contributed by atoms with Crippen LogP contribution in [-0.4, -0.2) is 66.9 Å². The fraction of sp³-hybridized carbons (Fsp3) is 0.708. The van der Waals surface area contributed by atoms with E-state index in [4.69, 9.17) is 18.5 Å². The van der Waals surface area contributed by atoms with Gasteiger partial charge in [-0.2, -0.15) is 10.2 Å². The molecule has 0 N–H and O–H groups in total. The number of allylic oxidation sites excluding steroid dienone is 1. The van der Waals surface area contributed by atoms with Gasteiger partial charge >= 0.3 is 19.5 Å². The lowest BCUT2D eigenvalue weighted by atomic mass is 9.47. The van der Waals surface area contributed by atoms with E-state index in [0.717, 1.165) is 61.3 Å². The second-order valence-corrected chi connectivity index (χ2v) is 22.1. The van der Waals surface area contributed by atoms with Crippen LogP contribution in [0.1, 0.15) is 131 Å². The van der Waals surface area contributed by atoms with Crippen LogP contribution in [0.4, 0.5) is 8.78 Å². The van der Waals surface area contributed by atoms with Crippen LogP contribution >= 0.6 is 7.60 Å². The zero-order chi connectivity index (χ0) is 45.7. The molecule has 2 aromatic heterocycles. The highest BCUT2D eigenvalue weighted by Crippen LogP contribution is 2.67. The van der Waals surface area contributed by atoms with Gasteiger partial charge < -0.3 is 14.0 Å². The number of carbonyl (C=O) groups is 2. The topological polar surface area (TPSA) is 150 Å². The SMILES string of the molecule is CCOP(=O)(CCOC(=O)CCC(=O)O[C@H]1CC[C@@]2(C)C(=CC[C@H]3[C@@H]4CC[C@H]([C@H](C)CCCC(C)C)[C@@]4(C)CC[C@@H]32)C1)OC(Cn1cncn1)(Cn1cncn1)c1ccc(F)cc1F. The molecule has 13 nitrogen and oxygen atoms in total. The molecule has 0 radical (unpaired) electrons. The molecule has 7 rings (SSSR count). The third-order valence-corrected chi connectivity index (χ3v) is 17.6. The molecule has 0 spiro atoms. The third kappa shape index (κ3) is 10.7. The van der Waals surface area contributed by atoms with E-state index in [1.807, 2.05) is 0 Å². The number of carbonyl (C=O) groups excluding carboxylic acids is 2. The number of rotatable bonds is 21. The fourth-order valence-corrected chi connectivity index (χ4v) is 14.2. The summed E-state index contributed by atoms with van der Waals surface area (Å²) in [6.07, 6.45) is 19.8. The summed E-state index contributed by atoms with van der Waals surface area (Å²) in [5, 5.41) is 8.28. The maximum absolute atomic E-state index is 15.6. The van der Waals surface area contributed by atoms with E-state index < -0.39 is 42.9 Å². The average molecular weight is 911 g/mol. The van der Waals surface area contributed by atoms with Gasteiger partial charge in [0.25, 0.3) is 0 Å². The number of hydrogen-bond donors (Lipinski definition) is 0. The van der Waals surface area contributed by atoms with E-state index in [2.05, 4.69) is 60.9 Å². The van der Waals surface area contributed by atoms with E-state index in [1.54, 1.807) is 6.92 Å². The van der Waals surface area contributed by atoms with Gasteiger partial charge in [-0.15, -0.1) is 0 Å². The molecule has 3 fully saturated rings. The Morgan fingerprint density at radius 3 is 2.31 bits per heavy atom. The Labute approximate surface area is 377 Å². The van der Waals surface area contributed by atoms with Crippen molar-refractivity contribution in [3.63, 3.8) is 0 Å². The number of benzene rings is 1. The molecule has 0 aliphatic heterocycles. The van der Waals surface area contributed by atoms with Crippen LogP contribution in [0, 0.1) is 58.0 Å². The monoisotopic (exact) mass is 910 g/mol. The van der Waals surface area contributed by atoms with Crippen LogP contribution in [0.15, 0.2) is 55.2 Å². The summed E-state index contributed by atoms with van der Waals surface area (Å²) in [7, 11) is -4.20. The normalized spacial score (nSPS) is 28.1. The first-order chi connectivity index (χ1) is 30.6. The summed E-state index contributed by atoms with van der Waals surface area (Å²) in [5.41, 5.74) is 0.0142. The second kappa shape index (κ2) is 20.4. The van der Waals surface area contributed by atoms with E-state index >= 15 is 4.39 Å². The van der Waals surface area contributed by atoms with Crippen LogP contribution < -0.4 is 0 Å². The maximum Gasteiger partial charge on any atom is 0.335 e. The first-order valence-corrected chi connectivity index (χ1v) is 25.4. The first kappa shape index (κ1) is 48.1. The molecule has 0 saturated heterocycles. The highest BCUT2D eigenvalue weighted by molar-refractivity contribution is 7.53. The van der Waals surface area contributed by atoms with Crippen LogP contribution in [0.2, 0.25) is 0 Å². The molecule has 0 amide bonds. The average Bonchev–Trinajstić information content (AvgIpc) is 4.02. The molecule has 16 heteroatoms. The molecule has 1 unspecified atom stereocenters. The molecule has 3 saturated carbocycles. The van der Waals surface area contributed by atoms with Crippen molar-refractivity contribution in [3.05, 3.63) is 72.4 Å². The number of esters is 2. The predicted octanol–water partition coefficient (Wildman–Crippen LogP) is 10.3. The molecule has 3 aromatic rings. The molecular weight excluding hydrogens is 842 g/mol. The van der Waals surface area contributed by atoms with Crippen LogP contribution in [0.5, 0.6) is 0 Å². The summed E-state index contributed by atoms with van der Waals surface area (Å²) < 4.78 is 70.4. The molecule has 9 atom stereocenters. The standard InChI is InChI=1S/C48H69F2N6O7P/c1-7-61-64(59,63-48(27-55-31-51-29-53-55,28-56-32-52-30-54-56)42-14-12-36(49)26-43(42)50)24-23-60-44(57)17-18-45(58)62-37-19-21-46(5)35(25-37)11-13-38-40-16-15-39(34(4)10-8-9-33(2)3)47(40,6)22-20-41(38)46/h11-12,14,26,29-34,37-41H,7-10,13,15-25,27-28H2,1-6H3/t34-,37+,38+,39-,40+,41+,46+,47-,64?/m1/s1. The van der Waals surface area contributed by atoms with Crippen molar-refractivity contribution < 1.29 is 41.5 Å². The Hall–Kier alpha value is -3.81. The van der Waals surface area contributed by atoms with Gasteiger partial charge in [0.2, 0.25) is 0 Å². The van der Waals surface area contributed by atoms with Crippen molar-refractivity contribution in [2.75, 3.05) is 19.4 Å². The zero-order valence-electron chi connectivity index (χ0n) is 38.6. The lowest BCUT2D eigenvalue weighted by Gasteiger charge is -2.58. The zero-order valence-corrected chi connectivity index (χ0v) is 39.5. The lowest BCUT2D eigenvalue weighted by molar-refractivity contribution is -0.155. The molecule has 4 aliphatic carbocycles. The highest BCUT2D eigenvalue weighted by atomic mass is 31.2. The second-order valence-electron chi connectivity index (χ2n) is 20.0. The number of nitrogens with zero attached hydrogens (tertiary/aromatic N) is 6. The Morgan fingerprint density at radius 1 is 0.938 bits per heavy atom. The molecule has 352 valence electrons. The molecule has 4 aliphatic rings. The maximum atomic E-state index is 15.6. The molecule has 2 heterocycles. The highest BCUT2D eigenvalue weighted by Gasteiger charge is 2.59. The molecular formula is C48H69F2N6O7P. The Morgan fingerprint density at radius 2 is 1.66 bits per heavy atom. The minimum Gasteiger partial charge on any atom is -0.465 e. The molecule has 1 aromatic carbocycles. The van der Waals surface area contributed by atoms with Crippen molar-refractivity contribution in [2.24, 2.45) is 46.3 Å². The minimum absolute atomic E-state index is 0.0529. The van der Waals surface area contributed by atoms with Gasteiger partial charge in [-0.3, -0.25) is 18.7 Å². The van der Waals surface area contributed by atoms with Gasteiger partial charge in [-0.1, -0.05) is 71.6 Å². The summed E-state index contributed by atoms with van der Waals surface area (Å²) in [6.45, 7) is 13.0. The van der Waals surface area contributed by atoms with Gasteiger partial charge in [-0.25, -0.2) is 28.1 Å². The number of aromatic nitrogens is 6. The predicted molar refractivity (Wildman–Crippen MR) is 236 cm³/mol. The number of ether oxygens (including phenoxy) is 2. The number of halogens is 2. The van der Waals surface area contributed by atoms with Gasteiger partial charge in [0.1, 0.15) is 55.3 Å². The first-order valence-electron chi connectivity index (χ1n) is 23.7. The van der Waals surface area contributed by atoms with Crippen LogP contribution in [-0.2, 0) is 51.4 Å². The lowest BCUT2D eigenvalue weighted by Crippen LogP contribution is -2.51. The van der Waals surface area contributed by atoms with Crippen molar-refractivity contribution >= 4 is 19.5 Å². The van der Waals surface area contributed by atoms with Gasteiger partial charge in [0, 0.05) is 18.1 Å². The summed E-state index contributed by atoms with van der Waals surface area (Å²) in [4.78, 5) is 34.0. The van der Waals surface area contributed by atoms with Crippen LogP contribution in [0.3, 0.4) is 0 Å². The largest absolute Gasteiger partial charge is 0.465 e. The van der Waals surface area contributed by atoms with Crippen molar-refractivity contribution in [1.82, 2.24) is 29.5 Å². The van der Waals surface area contributed by atoms with Crippen molar-refractivity contribution in [3.8, 4) is 0 Å². The smallest absolute Gasteiger partial charge is 0.335 e. The Bertz CT molecular complexity index is 2080. The Kier molecular flexibility index (Phi) is 15.3. The quantitative estimate of drug-likeness (QED) is 0.0571. The fourth-order valence-electron chi connectivity index (χ4n) is 12.5. The van der Waals surface area contributed by atoms with Crippen molar-refractivity contribution in [1.29, 1.82) is 0 Å². The third-order valence-electron chi connectivity index (χ3n) is 15.5. The van der Waals surface area contributed by atoms with Gasteiger partial charge in [0.05, 0.1) is 38.7 Å². The van der Waals surface area contributed by atoms with E-state index in [1.165, 1.54) is 91.3 Å². The summed E-state index contributed by atoms with van der Waals surface area (Å²) in [6, 6.07) is 2.97. The van der Waals surface area contributed by atoms with Gasteiger partial charge in [-0.05, 0) is 104 Å². The molecule has 64 heavy (non-hydrogen) atoms. The molecule has 0 bridgehead atoms. The summed E-state index contributed by atoms with van der Waals surface area (Å²) >= 11 is 0. The minimum atomic E-state index is -4.20. The number of fused-ring (bicyclic) bond motifs is 5. The van der Waals surface area contributed by atoms with E-state index in [9.17, 15) is 18.5 Å². The van der Waals surface area contributed by atoms with Crippen molar-refractivity contribution in [2.45, 2.75) is 150 Å². The van der Waals surface area contributed by atoms with Crippen LogP contribution in [0.25, 0.3) is 0 Å². The van der Waals surface area contributed by atoms with E-state index in [0.29, 0.717) is 17.4 Å². The van der Waals surface area contributed by atoms with E-state index in [-0.39, 0.29) is 56.2 Å². The summed E-state index contributed by atoms with van der Waals surface area (Å²) in [5.74, 6) is 1.63. The Balaban J connectivity index is 0.920.